The van der Waals surface area contributed by atoms with Crippen LogP contribution in [-0.4, -0.2) is 24.6 Å². The molecule has 0 aliphatic heterocycles. The van der Waals surface area contributed by atoms with E-state index in [0.717, 1.165) is 13.0 Å². The van der Waals surface area contributed by atoms with Gasteiger partial charge in [0.1, 0.15) is 0 Å². The summed E-state index contributed by atoms with van der Waals surface area (Å²) in [6.45, 7) is 6.40. The van der Waals surface area contributed by atoms with E-state index in [-0.39, 0.29) is 5.82 Å². The smallest absolute Gasteiger partial charge is 0.170 e. The van der Waals surface area contributed by atoms with Crippen molar-refractivity contribution in [2.45, 2.75) is 26.8 Å². The standard InChI is InChI=1S/C14H20FN3/c1-4-8-16-11-12-7-9-17-14(13(12)15)18(6-3)10-5-2/h2,7,9,16H,4,6,8,10-11H2,1,3H3. The van der Waals surface area contributed by atoms with E-state index in [1.54, 1.807) is 17.2 Å². The molecule has 0 bridgehead atoms. The van der Waals surface area contributed by atoms with E-state index in [1.165, 1.54) is 0 Å². The summed E-state index contributed by atoms with van der Waals surface area (Å²) in [6.07, 6.45) is 7.93. The van der Waals surface area contributed by atoms with Crippen LogP contribution in [0.3, 0.4) is 0 Å². The second kappa shape index (κ2) is 7.67. The van der Waals surface area contributed by atoms with E-state index in [2.05, 4.69) is 23.1 Å². The molecule has 0 unspecified atom stereocenters. The van der Waals surface area contributed by atoms with Gasteiger partial charge >= 0.3 is 0 Å². The molecule has 1 heterocycles. The van der Waals surface area contributed by atoms with Gasteiger partial charge in [0.2, 0.25) is 0 Å². The minimum Gasteiger partial charge on any atom is -0.343 e. The van der Waals surface area contributed by atoms with Gasteiger partial charge < -0.3 is 10.2 Å². The summed E-state index contributed by atoms with van der Waals surface area (Å²) in [5.74, 6) is 2.58. The van der Waals surface area contributed by atoms with Gasteiger partial charge in [-0.1, -0.05) is 12.8 Å². The number of terminal acetylenes is 1. The Balaban J connectivity index is 2.86. The fourth-order valence-electron chi connectivity index (χ4n) is 1.67. The van der Waals surface area contributed by atoms with Gasteiger partial charge in [0.05, 0.1) is 6.54 Å². The lowest BCUT2D eigenvalue weighted by Crippen LogP contribution is -2.26. The highest BCUT2D eigenvalue weighted by Crippen LogP contribution is 2.19. The average Bonchev–Trinajstić information content (AvgIpc) is 2.39. The SMILES string of the molecule is C#CCN(CC)c1nccc(CNCCC)c1F. The minimum atomic E-state index is -0.279. The average molecular weight is 249 g/mol. The highest BCUT2D eigenvalue weighted by molar-refractivity contribution is 5.44. The zero-order chi connectivity index (χ0) is 13.4. The number of aromatic nitrogens is 1. The van der Waals surface area contributed by atoms with E-state index in [4.69, 9.17) is 6.42 Å². The molecular weight excluding hydrogens is 229 g/mol. The molecule has 3 nitrogen and oxygen atoms in total. The highest BCUT2D eigenvalue weighted by Gasteiger charge is 2.14. The fourth-order valence-corrected chi connectivity index (χ4v) is 1.67. The zero-order valence-corrected chi connectivity index (χ0v) is 11.0. The third-order valence-corrected chi connectivity index (χ3v) is 2.66. The van der Waals surface area contributed by atoms with Crippen molar-refractivity contribution in [3.63, 3.8) is 0 Å². The molecule has 0 aromatic carbocycles. The number of nitrogens with one attached hydrogen (secondary N) is 1. The lowest BCUT2D eigenvalue weighted by atomic mass is 10.2. The summed E-state index contributed by atoms with van der Waals surface area (Å²) in [6, 6.07) is 1.70. The topological polar surface area (TPSA) is 28.2 Å². The van der Waals surface area contributed by atoms with Gasteiger partial charge in [0, 0.05) is 24.8 Å². The monoisotopic (exact) mass is 249 g/mol. The van der Waals surface area contributed by atoms with Gasteiger partial charge in [-0.05, 0) is 26.0 Å². The Labute approximate surface area is 108 Å². The molecule has 0 aliphatic carbocycles. The first-order valence-electron chi connectivity index (χ1n) is 6.27. The first-order chi connectivity index (χ1) is 8.74. The minimum absolute atomic E-state index is 0.279. The summed E-state index contributed by atoms with van der Waals surface area (Å²) in [4.78, 5) is 5.83. The van der Waals surface area contributed by atoms with E-state index < -0.39 is 0 Å². The van der Waals surface area contributed by atoms with Gasteiger partial charge in [-0.2, -0.15) is 0 Å². The van der Waals surface area contributed by atoms with E-state index in [1.807, 2.05) is 6.92 Å². The predicted molar refractivity (Wildman–Crippen MR) is 72.9 cm³/mol. The van der Waals surface area contributed by atoms with E-state index >= 15 is 0 Å². The lowest BCUT2D eigenvalue weighted by Gasteiger charge is -2.20. The molecule has 0 saturated carbocycles. The van der Waals surface area contributed by atoms with Crippen LogP contribution in [0, 0.1) is 18.2 Å². The van der Waals surface area contributed by atoms with Crippen LogP contribution in [0.15, 0.2) is 12.3 Å². The summed E-state index contributed by atoms with van der Waals surface area (Å²) in [5, 5.41) is 3.18. The van der Waals surface area contributed by atoms with Gasteiger partial charge in [-0.25, -0.2) is 9.37 Å². The summed E-state index contributed by atoms with van der Waals surface area (Å²) < 4.78 is 14.2. The molecule has 1 aromatic heterocycles. The lowest BCUT2D eigenvalue weighted by molar-refractivity contribution is 0.577. The number of pyridine rings is 1. The van der Waals surface area contributed by atoms with Crippen molar-refractivity contribution >= 4 is 5.82 Å². The largest absolute Gasteiger partial charge is 0.343 e. The number of nitrogens with zero attached hydrogens (tertiary/aromatic N) is 2. The molecule has 4 heteroatoms. The third-order valence-electron chi connectivity index (χ3n) is 2.66. The van der Waals surface area contributed by atoms with Crippen molar-refractivity contribution in [1.82, 2.24) is 10.3 Å². The fraction of sp³-hybridized carbons (Fsp3) is 0.500. The van der Waals surface area contributed by atoms with Crippen LogP contribution in [-0.2, 0) is 6.54 Å². The van der Waals surface area contributed by atoms with Crippen LogP contribution in [0.4, 0.5) is 10.2 Å². The molecule has 0 radical (unpaired) electrons. The van der Waals surface area contributed by atoms with Crippen LogP contribution < -0.4 is 10.2 Å². The van der Waals surface area contributed by atoms with Gasteiger partial charge in [0.15, 0.2) is 11.6 Å². The first-order valence-corrected chi connectivity index (χ1v) is 6.27. The normalized spacial score (nSPS) is 10.1. The Hall–Kier alpha value is -1.60. The number of anilines is 1. The van der Waals surface area contributed by atoms with E-state index in [0.29, 0.717) is 31.0 Å². The van der Waals surface area contributed by atoms with Crippen LogP contribution in [0.5, 0.6) is 0 Å². The Kier molecular flexibility index (Phi) is 6.16. The summed E-state index contributed by atoms with van der Waals surface area (Å²) in [7, 11) is 0. The molecular formula is C14H20FN3. The maximum Gasteiger partial charge on any atom is 0.170 e. The summed E-state index contributed by atoms with van der Waals surface area (Å²) >= 11 is 0. The van der Waals surface area contributed by atoms with Crippen molar-refractivity contribution in [2.24, 2.45) is 0 Å². The molecule has 0 atom stereocenters. The molecule has 1 N–H and O–H groups in total. The van der Waals surface area contributed by atoms with E-state index in [9.17, 15) is 4.39 Å². The van der Waals surface area contributed by atoms with Crippen LogP contribution in [0.1, 0.15) is 25.8 Å². The first kappa shape index (κ1) is 14.5. The zero-order valence-electron chi connectivity index (χ0n) is 11.0. The molecule has 0 spiro atoms. The maximum atomic E-state index is 14.2. The number of rotatable bonds is 7. The van der Waals surface area contributed by atoms with Crippen molar-refractivity contribution in [1.29, 1.82) is 0 Å². The number of halogens is 1. The molecule has 0 saturated heterocycles. The number of hydrogen-bond acceptors (Lipinski definition) is 3. The molecule has 18 heavy (non-hydrogen) atoms. The van der Waals surface area contributed by atoms with Crippen LogP contribution >= 0.6 is 0 Å². The molecule has 1 aromatic rings. The van der Waals surface area contributed by atoms with Crippen LogP contribution in [0.2, 0.25) is 0 Å². The third kappa shape index (κ3) is 3.71. The molecule has 0 amide bonds. The molecule has 1 rings (SSSR count). The van der Waals surface area contributed by atoms with Gasteiger partial charge in [-0.3, -0.25) is 0 Å². The van der Waals surface area contributed by atoms with Crippen molar-refractivity contribution in [2.75, 3.05) is 24.5 Å². The maximum absolute atomic E-state index is 14.2. The Morgan fingerprint density at radius 2 is 2.28 bits per heavy atom. The Morgan fingerprint density at radius 1 is 1.50 bits per heavy atom. The Bertz CT molecular complexity index is 412. The van der Waals surface area contributed by atoms with Crippen molar-refractivity contribution < 1.29 is 4.39 Å². The molecule has 0 aliphatic rings. The molecule has 0 fully saturated rings. The van der Waals surface area contributed by atoms with Crippen molar-refractivity contribution in [3.8, 4) is 12.3 Å². The van der Waals surface area contributed by atoms with Gasteiger partial charge in [0.25, 0.3) is 0 Å². The summed E-state index contributed by atoms with van der Waals surface area (Å²) in [5.41, 5.74) is 0.629. The molecule has 98 valence electrons. The highest BCUT2D eigenvalue weighted by atomic mass is 19.1. The predicted octanol–water partition coefficient (Wildman–Crippen LogP) is 2.18. The number of hydrogen-bond donors (Lipinski definition) is 1. The van der Waals surface area contributed by atoms with Crippen molar-refractivity contribution in [3.05, 3.63) is 23.6 Å². The Morgan fingerprint density at radius 3 is 2.89 bits per heavy atom. The van der Waals surface area contributed by atoms with Crippen LogP contribution in [0.25, 0.3) is 0 Å². The van der Waals surface area contributed by atoms with Gasteiger partial charge in [-0.15, -0.1) is 6.42 Å². The quantitative estimate of drug-likeness (QED) is 0.593. The second-order valence-electron chi connectivity index (χ2n) is 4.00. The second-order valence-corrected chi connectivity index (χ2v) is 4.00.